The molecule has 2 aromatic rings. The zero-order chi connectivity index (χ0) is 20.0. The maximum atomic E-state index is 11.5. The first-order valence-corrected chi connectivity index (χ1v) is 9.33. The largest absolute Gasteiger partial charge is 0.494 e. The smallest absolute Gasteiger partial charge is 0.312 e. The standard InChI is InChI=1S/C21H27N3O4/c22-21(26)24-14-12-20(25)23-13-4-5-15-27-18-8-10-19(11-9-18)28-16-17-6-2-1-3-7-17/h1-3,6-11H,4-5,12-16H2,(H,23,25)(H3,22,24,26). The number of ether oxygens (including phenoxy) is 2. The van der Waals surface area contributed by atoms with Crippen LogP contribution in [0.2, 0.25) is 0 Å². The van der Waals surface area contributed by atoms with Crippen LogP contribution in [-0.2, 0) is 11.4 Å². The molecule has 2 rings (SSSR count). The Bertz CT molecular complexity index is 720. The molecular weight excluding hydrogens is 358 g/mol. The number of carbonyl (C=O) groups excluding carboxylic acids is 2. The van der Waals surface area contributed by atoms with Gasteiger partial charge in [-0.25, -0.2) is 4.79 Å². The highest BCUT2D eigenvalue weighted by molar-refractivity contribution is 5.77. The van der Waals surface area contributed by atoms with Gasteiger partial charge in [-0.15, -0.1) is 0 Å². The fraction of sp³-hybridized carbons (Fsp3) is 0.333. The Kier molecular flexibility index (Phi) is 9.20. The first-order valence-electron chi connectivity index (χ1n) is 9.33. The number of rotatable bonds is 12. The van der Waals surface area contributed by atoms with Gasteiger partial charge in [-0.2, -0.15) is 0 Å². The van der Waals surface area contributed by atoms with Crippen LogP contribution >= 0.6 is 0 Å². The van der Waals surface area contributed by atoms with Gasteiger partial charge in [-0.1, -0.05) is 30.3 Å². The third-order valence-electron chi connectivity index (χ3n) is 3.89. The van der Waals surface area contributed by atoms with Crippen molar-refractivity contribution in [1.82, 2.24) is 10.6 Å². The van der Waals surface area contributed by atoms with Gasteiger partial charge in [0.1, 0.15) is 18.1 Å². The molecule has 0 spiro atoms. The first-order chi connectivity index (χ1) is 13.6. The van der Waals surface area contributed by atoms with Crippen LogP contribution in [0.25, 0.3) is 0 Å². The fourth-order valence-corrected chi connectivity index (χ4v) is 2.41. The molecule has 0 aromatic heterocycles. The van der Waals surface area contributed by atoms with Crippen LogP contribution in [0.5, 0.6) is 11.5 Å². The molecule has 0 bridgehead atoms. The van der Waals surface area contributed by atoms with E-state index in [1.165, 1.54) is 0 Å². The van der Waals surface area contributed by atoms with Crippen LogP contribution in [0.1, 0.15) is 24.8 Å². The Balaban J connectivity index is 1.53. The van der Waals surface area contributed by atoms with Gasteiger partial charge < -0.3 is 25.8 Å². The monoisotopic (exact) mass is 385 g/mol. The van der Waals surface area contributed by atoms with Crippen molar-refractivity contribution in [2.45, 2.75) is 25.9 Å². The number of nitrogens with one attached hydrogen (secondary N) is 2. The number of hydrogen-bond acceptors (Lipinski definition) is 4. The second kappa shape index (κ2) is 12.2. The molecule has 4 N–H and O–H groups in total. The van der Waals surface area contributed by atoms with E-state index in [9.17, 15) is 9.59 Å². The molecule has 0 saturated heterocycles. The molecule has 0 aliphatic carbocycles. The second-order valence-corrected chi connectivity index (χ2v) is 6.19. The number of unbranched alkanes of at least 4 members (excludes halogenated alkanes) is 1. The number of primary amides is 1. The van der Waals surface area contributed by atoms with Gasteiger partial charge >= 0.3 is 6.03 Å². The summed E-state index contributed by atoms with van der Waals surface area (Å²) in [6.07, 6.45) is 1.86. The first kappa shape index (κ1) is 21.1. The third-order valence-corrected chi connectivity index (χ3v) is 3.89. The summed E-state index contributed by atoms with van der Waals surface area (Å²) in [7, 11) is 0. The van der Waals surface area contributed by atoms with E-state index in [1.807, 2.05) is 54.6 Å². The summed E-state index contributed by atoms with van der Waals surface area (Å²) >= 11 is 0. The molecule has 0 heterocycles. The highest BCUT2D eigenvalue weighted by Crippen LogP contribution is 2.19. The lowest BCUT2D eigenvalue weighted by Gasteiger charge is -2.09. The van der Waals surface area contributed by atoms with Crippen molar-refractivity contribution < 1.29 is 19.1 Å². The summed E-state index contributed by atoms with van der Waals surface area (Å²) in [5, 5.41) is 5.16. The predicted molar refractivity (Wildman–Crippen MR) is 107 cm³/mol. The van der Waals surface area contributed by atoms with E-state index in [0.717, 1.165) is 29.9 Å². The van der Waals surface area contributed by atoms with Gasteiger partial charge in [0.15, 0.2) is 0 Å². The zero-order valence-corrected chi connectivity index (χ0v) is 15.9. The second-order valence-electron chi connectivity index (χ2n) is 6.19. The Labute approximate surface area is 165 Å². The minimum atomic E-state index is -0.624. The molecular formula is C21H27N3O4. The van der Waals surface area contributed by atoms with Gasteiger partial charge in [0.25, 0.3) is 0 Å². The van der Waals surface area contributed by atoms with Crippen molar-refractivity contribution in [3.8, 4) is 11.5 Å². The minimum Gasteiger partial charge on any atom is -0.494 e. The molecule has 0 aliphatic rings. The average molecular weight is 385 g/mol. The van der Waals surface area contributed by atoms with E-state index in [4.69, 9.17) is 15.2 Å². The number of nitrogens with two attached hydrogens (primary N) is 1. The molecule has 7 heteroatoms. The summed E-state index contributed by atoms with van der Waals surface area (Å²) < 4.78 is 11.4. The summed E-state index contributed by atoms with van der Waals surface area (Å²) in [5.41, 5.74) is 6.05. The quantitative estimate of drug-likeness (QED) is 0.489. The van der Waals surface area contributed by atoms with Crippen LogP contribution in [0.4, 0.5) is 4.79 Å². The lowest BCUT2D eigenvalue weighted by Crippen LogP contribution is -2.34. The van der Waals surface area contributed by atoms with Crippen LogP contribution in [0.3, 0.4) is 0 Å². The molecule has 0 atom stereocenters. The molecule has 0 saturated carbocycles. The normalized spacial score (nSPS) is 10.1. The van der Waals surface area contributed by atoms with Gasteiger partial charge in [-0.3, -0.25) is 4.79 Å². The van der Waals surface area contributed by atoms with Crippen molar-refractivity contribution in [3.05, 3.63) is 60.2 Å². The Morgan fingerprint density at radius 1 is 0.821 bits per heavy atom. The molecule has 0 unspecified atom stereocenters. The molecule has 0 aliphatic heterocycles. The lowest BCUT2D eigenvalue weighted by molar-refractivity contribution is -0.120. The van der Waals surface area contributed by atoms with Crippen molar-refractivity contribution >= 4 is 11.9 Å². The Morgan fingerprint density at radius 3 is 2.18 bits per heavy atom. The Morgan fingerprint density at radius 2 is 1.50 bits per heavy atom. The van der Waals surface area contributed by atoms with Crippen LogP contribution in [-0.4, -0.2) is 31.6 Å². The van der Waals surface area contributed by atoms with Crippen molar-refractivity contribution in [3.63, 3.8) is 0 Å². The van der Waals surface area contributed by atoms with E-state index in [0.29, 0.717) is 19.8 Å². The van der Waals surface area contributed by atoms with Gasteiger partial charge in [0.05, 0.1) is 6.61 Å². The molecule has 150 valence electrons. The topological polar surface area (TPSA) is 103 Å². The molecule has 2 aromatic carbocycles. The molecule has 0 fully saturated rings. The third kappa shape index (κ3) is 8.93. The molecule has 0 radical (unpaired) electrons. The van der Waals surface area contributed by atoms with Crippen LogP contribution < -0.4 is 25.8 Å². The van der Waals surface area contributed by atoms with Gasteiger partial charge in [-0.05, 0) is 42.7 Å². The highest BCUT2D eigenvalue weighted by atomic mass is 16.5. The van der Waals surface area contributed by atoms with E-state index in [-0.39, 0.29) is 18.9 Å². The summed E-state index contributed by atoms with van der Waals surface area (Å²) in [6.45, 7) is 1.93. The van der Waals surface area contributed by atoms with Gasteiger partial charge in [0, 0.05) is 19.5 Å². The van der Waals surface area contributed by atoms with E-state index >= 15 is 0 Å². The van der Waals surface area contributed by atoms with Crippen molar-refractivity contribution in [2.75, 3.05) is 19.7 Å². The number of carbonyl (C=O) groups is 2. The molecule has 28 heavy (non-hydrogen) atoms. The van der Waals surface area contributed by atoms with Crippen molar-refractivity contribution in [1.29, 1.82) is 0 Å². The molecule has 3 amide bonds. The predicted octanol–water partition coefficient (Wildman–Crippen LogP) is 2.60. The number of benzene rings is 2. The maximum absolute atomic E-state index is 11.5. The van der Waals surface area contributed by atoms with Crippen LogP contribution in [0.15, 0.2) is 54.6 Å². The van der Waals surface area contributed by atoms with Crippen molar-refractivity contribution in [2.24, 2.45) is 5.73 Å². The van der Waals surface area contributed by atoms with Crippen LogP contribution in [0, 0.1) is 0 Å². The molecule has 7 nitrogen and oxygen atoms in total. The lowest BCUT2D eigenvalue weighted by atomic mass is 10.2. The summed E-state index contributed by atoms with van der Waals surface area (Å²) in [5.74, 6) is 1.47. The number of hydrogen-bond donors (Lipinski definition) is 3. The number of urea groups is 1. The average Bonchev–Trinajstić information content (AvgIpc) is 2.70. The number of amides is 3. The fourth-order valence-electron chi connectivity index (χ4n) is 2.41. The highest BCUT2D eigenvalue weighted by Gasteiger charge is 2.02. The summed E-state index contributed by atoms with van der Waals surface area (Å²) in [6, 6.07) is 16.9. The summed E-state index contributed by atoms with van der Waals surface area (Å²) in [4.78, 5) is 22.0. The van der Waals surface area contributed by atoms with E-state index < -0.39 is 6.03 Å². The SMILES string of the molecule is NC(=O)NCCC(=O)NCCCCOc1ccc(OCc2ccccc2)cc1. The van der Waals surface area contributed by atoms with E-state index in [1.54, 1.807) is 0 Å². The maximum Gasteiger partial charge on any atom is 0.312 e. The zero-order valence-electron chi connectivity index (χ0n) is 15.9. The Hall–Kier alpha value is -3.22. The van der Waals surface area contributed by atoms with E-state index in [2.05, 4.69) is 10.6 Å². The van der Waals surface area contributed by atoms with Gasteiger partial charge in [0.2, 0.25) is 5.91 Å². The minimum absolute atomic E-state index is 0.110.